The van der Waals surface area contributed by atoms with Crippen molar-refractivity contribution in [1.82, 2.24) is 0 Å². The molecule has 21 heavy (non-hydrogen) atoms. The lowest BCUT2D eigenvalue weighted by Gasteiger charge is -2.16. The standard InChI is InChI=1S/C15H14BrClO3S/c1-2-20-14-9(6-10(17)8-12(14)16)7-11(15(18)19)13-4-3-5-21-13/h3-6,8,11H,2,7H2,1H3,(H,18,19). The van der Waals surface area contributed by atoms with Crippen LogP contribution >= 0.6 is 38.9 Å². The molecule has 112 valence electrons. The molecule has 1 atom stereocenters. The van der Waals surface area contributed by atoms with Crippen molar-refractivity contribution in [3.8, 4) is 5.75 Å². The Morgan fingerprint density at radius 2 is 2.29 bits per heavy atom. The molecule has 2 aromatic rings. The zero-order valence-corrected chi connectivity index (χ0v) is 14.5. The third-order valence-corrected chi connectivity index (χ3v) is 4.78. The predicted octanol–water partition coefficient (Wildman–Crippen LogP) is 4.97. The van der Waals surface area contributed by atoms with Gasteiger partial charge in [-0.25, -0.2) is 0 Å². The Kier molecular flexibility index (Phi) is 5.67. The largest absolute Gasteiger partial charge is 0.492 e. The van der Waals surface area contributed by atoms with Gasteiger partial charge in [0, 0.05) is 9.90 Å². The molecule has 1 N–H and O–H groups in total. The van der Waals surface area contributed by atoms with E-state index in [0.717, 1.165) is 14.9 Å². The minimum Gasteiger partial charge on any atom is -0.492 e. The first kappa shape index (κ1) is 16.3. The summed E-state index contributed by atoms with van der Waals surface area (Å²) in [6.45, 7) is 2.39. The number of thiophene rings is 1. The van der Waals surface area contributed by atoms with Gasteiger partial charge in [0.15, 0.2) is 0 Å². The summed E-state index contributed by atoms with van der Waals surface area (Å²) in [6.07, 6.45) is 0.338. The zero-order chi connectivity index (χ0) is 15.4. The number of carbonyl (C=O) groups is 1. The van der Waals surface area contributed by atoms with Crippen molar-refractivity contribution in [3.63, 3.8) is 0 Å². The molecule has 2 rings (SSSR count). The van der Waals surface area contributed by atoms with E-state index < -0.39 is 11.9 Å². The number of carboxylic acids is 1. The molecule has 1 aromatic carbocycles. The highest BCUT2D eigenvalue weighted by molar-refractivity contribution is 9.10. The molecular formula is C15H14BrClO3S. The third kappa shape index (κ3) is 3.99. The molecule has 0 aliphatic heterocycles. The maximum absolute atomic E-state index is 11.6. The Balaban J connectivity index is 2.38. The van der Waals surface area contributed by atoms with Gasteiger partial charge in [0.05, 0.1) is 17.0 Å². The van der Waals surface area contributed by atoms with Crippen molar-refractivity contribution in [2.24, 2.45) is 0 Å². The maximum atomic E-state index is 11.6. The van der Waals surface area contributed by atoms with Crippen molar-refractivity contribution in [2.45, 2.75) is 19.3 Å². The second-order valence-electron chi connectivity index (χ2n) is 4.42. The normalized spacial score (nSPS) is 12.1. The minimum absolute atomic E-state index is 0.338. The number of aliphatic carboxylic acids is 1. The molecule has 0 amide bonds. The molecule has 0 spiro atoms. The average Bonchev–Trinajstić information content (AvgIpc) is 2.92. The monoisotopic (exact) mass is 388 g/mol. The Bertz CT molecular complexity index is 628. The number of ether oxygens (including phenoxy) is 1. The highest BCUT2D eigenvalue weighted by Gasteiger charge is 2.24. The summed E-state index contributed by atoms with van der Waals surface area (Å²) >= 11 is 10.9. The second kappa shape index (κ2) is 7.29. The molecule has 0 bridgehead atoms. The van der Waals surface area contributed by atoms with E-state index in [4.69, 9.17) is 16.3 Å². The van der Waals surface area contributed by atoms with E-state index >= 15 is 0 Å². The first-order valence-corrected chi connectivity index (χ1v) is 8.45. The van der Waals surface area contributed by atoms with Crippen molar-refractivity contribution in [2.75, 3.05) is 6.61 Å². The fraction of sp³-hybridized carbons (Fsp3) is 0.267. The van der Waals surface area contributed by atoms with Gasteiger partial charge in [-0.3, -0.25) is 4.79 Å². The summed E-state index contributed by atoms with van der Waals surface area (Å²) in [4.78, 5) is 12.4. The van der Waals surface area contributed by atoms with Gasteiger partial charge >= 0.3 is 5.97 Å². The molecular weight excluding hydrogens is 376 g/mol. The molecule has 0 aliphatic carbocycles. The number of benzene rings is 1. The van der Waals surface area contributed by atoms with Crippen molar-refractivity contribution in [1.29, 1.82) is 0 Å². The number of hydrogen-bond acceptors (Lipinski definition) is 3. The summed E-state index contributed by atoms with van der Waals surface area (Å²) in [5.74, 6) is -0.796. The highest BCUT2D eigenvalue weighted by Crippen LogP contribution is 2.36. The van der Waals surface area contributed by atoms with Gasteiger partial charge in [0.1, 0.15) is 5.75 Å². The van der Waals surface area contributed by atoms with Gasteiger partial charge in [0.2, 0.25) is 0 Å². The molecule has 0 fully saturated rings. The minimum atomic E-state index is -0.851. The van der Waals surface area contributed by atoms with Crippen LogP contribution in [0.25, 0.3) is 0 Å². The smallest absolute Gasteiger partial charge is 0.312 e. The van der Waals surface area contributed by atoms with Gasteiger partial charge in [-0.1, -0.05) is 17.7 Å². The van der Waals surface area contributed by atoms with Crippen LogP contribution in [0.15, 0.2) is 34.1 Å². The van der Waals surface area contributed by atoms with E-state index in [0.29, 0.717) is 23.8 Å². The van der Waals surface area contributed by atoms with Crippen molar-refractivity contribution in [3.05, 3.63) is 49.6 Å². The van der Waals surface area contributed by atoms with Crippen LogP contribution in [-0.4, -0.2) is 17.7 Å². The molecule has 0 saturated heterocycles. The van der Waals surface area contributed by atoms with Crippen LogP contribution in [0.2, 0.25) is 5.02 Å². The van der Waals surface area contributed by atoms with Crippen LogP contribution in [0.5, 0.6) is 5.75 Å². The lowest BCUT2D eigenvalue weighted by Crippen LogP contribution is -2.14. The SMILES string of the molecule is CCOc1c(Br)cc(Cl)cc1CC(C(=O)O)c1cccs1. The number of halogens is 2. The topological polar surface area (TPSA) is 46.5 Å². The quantitative estimate of drug-likeness (QED) is 0.758. The van der Waals surface area contributed by atoms with Crippen LogP contribution in [-0.2, 0) is 11.2 Å². The van der Waals surface area contributed by atoms with Gasteiger partial charge < -0.3 is 9.84 Å². The highest BCUT2D eigenvalue weighted by atomic mass is 79.9. The van der Waals surface area contributed by atoms with Crippen LogP contribution in [0, 0.1) is 0 Å². The van der Waals surface area contributed by atoms with E-state index in [1.54, 1.807) is 12.1 Å². The molecule has 1 aromatic heterocycles. The number of rotatable bonds is 6. The summed E-state index contributed by atoms with van der Waals surface area (Å²) < 4.78 is 6.36. The average molecular weight is 390 g/mol. The van der Waals surface area contributed by atoms with Crippen LogP contribution in [0.3, 0.4) is 0 Å². The Morgan fingerprint density at radius 1 is 1.52 bits per heavy atom. The summed E-state index contributed by atoms with van der Waals surface area (Å²) in [5.41, 5.74) is 0.789. The van der Waals surface area contributed by atoms with E-state index in [1.807, 2.05) is 24.4 Å². The molecule has 1 unspecified atom stereocenters. The van der Waals surface area contributed by atoms with Gasteiger partial charge in [0.25, 0.3) is 0 Å². The first-order chi connectivity index (χ1) is 10.0. The van der Waals surface area contributed by atoms with E-state index in [9.17, 15) is 9.90 Å². The molecule has 6 heteroatoms. The fourth-order valence-corrected chi connectivity index (χ4v) is 3.90. The third-order valence-electron chi connectivity index (χ3n) is 2.98. The summed E-state index contributed by atoms with van der Waals surface area (Å²) in [6, 6.07) is 7.20. The van der Waals surface area contributed by atoms with Crippen molar-refractivity contribution >= 4 is 44.8 Å². The molecule has 0 saturated carbocycles. The summed E-state index contributed by atoms with van der Waals surface area (Å²) in [5, 5.41) is 11.9. The Morgan fingerprint density at radius 3 is 2.86 bits per heavy atom. The van der Waals surface area contributed by atoms with Crippen LogP contribution in [0.1, 0.15) is 23.3 Å². The molecule has 0 radical (unpaired) electrons. The Labute approximate surface area is 140 Å². The van der Waals surface area contributed by atoms with E-state index in [2.05, 4.69) is 15.9 Å². The molecule has 3 nitrogen and oxygen atoms in total. The summed E-state index contributed by atoms with van der Waals surface area (Å²) in [7, 11) is 0. The van der Waals surface area contributed by atoms with Gasteiger partial charge in [-0.05, 0) is 58.4 Å². The van der Waals surface area contributed by atoms with Crippen molar-refractivity contribution < 1.29 is 14.6 Å². The lowest BCUT2D eigenvalue weighted by atomic mass is 9.97. The fourth-order valence-electron chi connectivity index (χ4n) is 2.09. The van der Waals surface area contributed by atoms with Gasteiger partial charge in [-0.15, -0.1) is 11.3 Å². The Hall–Kier alpha value is -1.04. The molecule has 1 heterocycles. The van der Waals surface area contributed by atoms with Crippen LogP contribution in [0.4, 0.5) is 0 Å². The van der Waals surface area contributed by atoms with Gasteiger partial charge in [-0.2, -0.15) is 0 Å². The number of carboxylic acid groups (broad SMARTS) is 1. The zero-order valence-electron chi connectivity index (χ0n) is 11.3. The number of hydrogen-bond donors (Lipinski definition) is 1. The first-order valence-electron chi connectivity index (χ1n) is 6.39. The van der Waals surface area contributed by atoms with Crippen LogP contribution < -0.4 is 4.74 Å². The second-order valence-corrected chi connectivity index (χ2v) is 6.69. The van der Waals surface area contributed by atoms with E-state index in [-0.39, 0.29) is 0 Å². The lowest BCUT2D eigenvalue weighted by molar-refractivity contribution is -0.138. The maximum Gasteiger partial charge on any atom is 0.312 e. The predicted molar refractivity (Wildman–Crippen MR) is 88.7 cm³/mol. The molecule has 0 aliphatic rings. The van der Waals surface area contributed by atoms with E-state index in [1.165, 1.54) is 11.3 Å².